The van der Waals surface area contributed by atoms with Gasteiger partial charge in [0.1, 0.15) is 30.5 Å². The van der Waals surface area contributed by atoms with E-state index in [4.69, 9.17) is 18.9 Å². The Morgan fingerprint density at radius 1 is 0.609 bits per heavy atom. The monoisotopic (exact) mass is 927 g/mol. The summed E-state index contributed by atoms with van der Waals surface area (Å²) >= 11 is 0. The van der Waals surface area contributed by atoms with Crippen molar-refractivity contribution in [2.24, 2.45) is 0 Å². The van der Waals surface area contributed by atoms with E-state index in [1.54, 1.807) is 0 Å². The molecule has 372 valence electrons. The highest BCUT2D eigenvalue weighted by molar-refractivity contribution is 7.80. The smallest absolute Gasteiger partial charge is 0.397 e. The Bertz CT molecular complexity index is 1350. The largest absolute Gasteiger partial charge is 0.457 e. The Hall–Kier alpha value is -2.20. The number of unbranched alkanes of at least 4 members (excludes halogenated alkanes) is 20. The number of aliphatic hydroxyl groups excluding tert-OH is 3. The van der Waals surface area contributed by atoms with Crippen LogP contribution in [0.5, 0.6) is 0 Å². The molecule has 1 heterocycles. The van der Waals surface area contributed by atoms with E-state index in [2.05, 4.69) is 78.8 Å². The topological polar surface area (TPSA) is 178 Å². The standard InChI is InChI=1S/C51H90O12S/c1-3-5-7-9-11-13-15-17-19-20-21-22-23-24-25-26-27-28-30-32-34-36-38-40-47(53)61-45(43-59-41-39-37-35-33-31-29-18-16-14-12-10-8-6-4-2)44-60-51-49(55)50(63-64(56,57)58)48(54)46(42-52)62-51/h6,8,12,14-15,17-18,20-21,29,45-46,48-52,54-55H,3-5,7,9-11,13,16,19,22-28,30-44H2,1-2H3,(H,56,57,58)/b8-6-,14-12-,17-15-,21-20-,29-18-. The van der Waals surface area contributed by atoms with Gasteiger partial charge in [-0.1, -0.05) is 171 Å². The first kappa shape index (κ1) is 59.8. The summed E-state index contributed by atoms with van der Waals surface area (Å²) in [5.74, 6) is -0.411. The number of carbonyl (C=O) groups is 1. The van der Waals surface area contributed by atoms with Crippen molar-refractivity contribution in [2.45, 2.75) is 230 Å². The van der Waals surface area contributed by atoms with Crippen molar-refractivity contribution in [2.75, 3.05) is 26.4 Å². The lowest BCUT2D eigenvalue weighted by atomic mass is 9.99. The third-order valence-corrected chi connectivity index (χ3v) is 11.6. The molecule has 64 heavy (non-hydrogen) atoms. The van der Waals surface area contributed by atoms with Crippen LogP contribution in [0.2, 0.25) is 0 Å². The number of rotatable bonds is 43. The van der Waals surface area contributed by atoms with Crippen LogP contribution in [0.25, 0.3) is 0 Å². The molecular weight excluding hydrogens is 837 g/mol. The van der Waals surface area contributed by atoms with Crippen molar-refractivity contribution in [3.05, 3.63) is 60.8 Å². The van der Waals surface area contributed by atoms with Crippen molar-refractivity contribution in [1.29, 1.82) is 0 Å². The fourth-order valence-electron chi connectivity index (χ4n) is 7.36. The van der Waals surface area contributed by atoms with Crippen LogP contribution in [0.3, 0.4) is 0 Å². The van der Waals surface area contributed by atoms with Crippen LogP contribution < -0.4 is 0 Å². The molecule has 1 aliphatic heterocycles. The van der Waals surface area contributed by atoms with Crippen molar-refractivity contribution < 1.29 is 56.2 Å². The number of allylic oxidation sites excluding steroid dienone is 10. The Morgan fingerprint density at radius 2 is 1.08 bits per heavy atom. The quantitative estimate of drug-likeness (QED) is 0.0197. The molecule has 0 spiro atoms. The summed E-state index contributed by atoms with van der Waals surface area (Å²) < 4.78 is 59.1. The summed E-state index contributed by atoms with van der Waals surface area (Å²) in [7, 11) is -5.07. The van der Waals surface area contributed by atoms with Gasteiger partial charge < -0.3 is 34.3 Å². The van der Waals surface area contributed by atoms with E-state index in [0.717, 1.165) is 77.0 Å². The van der Waals surface area contributed by atoms with Gasteiger partial charge in [-0.2, -0.15) is 8.42 Å². The van der Waals surface area contributed by atoms with E-state index in [0.29, 0.717) is 13.0 Å². The second-order valence-corrected chi connectivity index (χ2v) is 18.1. The van der Waals surface area contributed by atoms with Gasteiger partial charge in [0, 0.05) is 13.0 Å². The maximum Gasteiger partial charge on any atom is 0.397 e. The zero-order chi connectivity index (χ0) is 46.8. The van der Waals surface area contributed by atoms with Gasteiger partial charge in [0.05, 0.1) is 19.8 Å². The highest BCUT2D eigenvalue weighted by Gasteiger charge is 2.48. The van der Waals surface area contributed by atoms with Crippen molar-refractivity contribution in [3.8, 4) is 0 Å². The number of ether oxygens (including phenoxy) is 4. The van der Waals surface area contributed by atoms with Crippen LogP contribution >= 0.6 is 0 Å². The molecule has 13 heteroatoms. The number of hydrogen-bond acceptors (Lipinski definition) is 11. The summed E-state index contributed by atoms with van der Waals surface area (Å²) in [5, 5.41) is 30.7. The average molecular weight is 927 g/mol. The lowest BCUT2D eigenvalue weighted by Crippen LogP contribution is -2.60. The first-order valence-electron chi connectivity index (χ1n) is 25.0. The van der Waals surface area contributed by atoms with Gasteiger partial charge in [0.15, 0.2) is 6.29 Å². The predicted molar refractivity (Wildman–Crippen MR) is 257 cm³/mol. The summed E-state index contributed by atoms with van der Waals surface area (Å²) in [6, 6.07) is 0. The summed E-state index contributed by atoms with van der Waals surface area (Å²) in [4.78, 5) is 12.9. The van der Waals surface area contributed by atoms with Crippen LogP contribution in [0.1, 0.15) is 194 Å². The van der Waals surface area contributed by atoms with Gasteiger partial charge in [-0.05, 0) is 77.0 Å². The molecule has 1 saturated heterocycles. The Kier molecular flexibility index (Phi) is 39.4. The van der Waals surface area contributed by atoms with Gasteiger partial charge in [0.2, 0.25) is 0 Å². The number of carbonyl (C=O) groups excluding carboxylic acids is 1. The normalized spacial score (nSPS) is 20.2. The molecule has 0 saturated carbocycles. The van der Waals surface area contributed by atoms with E-state index in [1.807, 2.05) is 0 Å². The lowest BCUT2D eigenvalue weighted by molar-refractivity contribution is -0.301. The van der Waals surface area contributed by atoms with Gasteiger partial charge >= 0.3 is 16.4 Å². The molecule has 1 rings (SSSR count). The fourth-order valence-corrected chi connectivity index (χ4v) is 7.87. The molecule has 0 bridgehead atoms. The number of esters is 1. The molecule has 0 radical (unpaired) electrons. The predicted octanol–water partition coefficient (Wildman–Crippen LogP) is 11.3. The van der Waals surface area contributed by atoms with Crippen LogP contribution in [0.4, 0.5) is 0 Å². The average Bonchev–Trinajstić information content (AvgIpc) is 3.27. The molecule has 0 amide bonds. The maximum absolute atomic E-state index is 12.9. The minimum absolute atomic E-state index is 0.0182. The second kappa shape index (κ2) is 42.2. The second-order valence-electron chi connectivity index (χ2n) is 17.0. The highest BCUT2D eigenvalue weighted by Crippen LogP contribution is 2.26. The molecule has 0 aromatic rings. The van der Waals surface area contributed by atoms with Crippen LogP contribution in [0, 0.1) is 0 Å². The zero-order valence-electron chi connectivity index (χ0n) is 39.8. The molecule has 0 aromatic carbocycles. The van der Waals surface area contributed by atoms with Gasteiger partial charge in [-0.15, -0.1) is 0 Å². The van der Waals surface area contributed by atoms with E-state index >= 15 is 0 Å². The molecule has 1 fully saturated rings. The van der Waals surface area contributed by atoms with Crippen molar-refractivity contribution in [1.82, 2.24) is 0 Å². The van der Waals surface area contributed by atoms with Gasteiger partial charge in [0.25, 0.3) is 0 Å². The molecule has 4 N–H and O–H groups in total. The molecule has 0 aromatic heterocycles. The minimum Gasteiger partial charge on any atom is -0.457 e. The van der Waals surface area contributed by atoms with E-state index < -0.39 is 59.8 Å². The molecule has 1 aliphatic rings. The van der Waals surface area contributed by atoms with Crippen LogP contribution in [-0.4, -0.2) is 97.5 Å². The van der Waals surface area contributed by atoms with Crippen LogP contribution in [-0.2, 0) is 38.3 Å². The molecule has 6 unspecified atom stereocenters. The van der Waals surface area contributed by atoms with Crippen molar-refractivity contribution in [3.63, 3.8) is 0 Å². The first-order valence-corrected chi connectivity index (χ1v) is 26.4. The summed E-state index contributed by atoms with van der Waals surface area (Å²) in [6.45, 7) is 3.81. The van der Waals surface area contributed by atoms with E-state index in [1.165, 1.54) is 89.9 Å². The number of aliphatic hydroxyl groups is 3. The summed E-state index contributed by atoms with van der Waals surface area (Å²) in [6.07, 6.45) is 44.0. The third-order valence-electron chi connectivity index (χ3n) is 11.1. The Balaban J connectivity index is 2.36. The van der Waals surface area contributed by atoms with Crippen LogP contribution in [0.15, 0.2) is 60.8 Å². The molecule has 0 aliphatic carbocycles. The molecular formula is C51H90O12S. The minimum atomic E-state index is -5.07. The van der Waals surface area contributed by atoms with E-state index in [9.17, 15) is 33.1 Å². The lowest BCUT2D eigenvalue weighted by Gasteiger charge is -2.41. The SMILES string of the molecule is CC/C=C\C/C=C\C/C=C\CCCCCCOCC(COC1OC(CO)C(O)C(OS(=O)(=O)O)C1O)OC(=O)CCCCCCCCCCCCC/C=C\C/C=C\CCCCCCC. The van der Waals surface area contributed by atoms with Gasteiger partial charge in [-0.3, -0.25) is 9.35 Å². The first-order chi connectivity index (χ1) is 31.1. The maximum atomic E-state index is 12.9. The Morgan fingerprint density at radius 3 is 1.58 bits per heavy atom. The molecule has 6 atom stereocenters. The van der Waals surface area contributed by atoms with Gasteiger partial charge in [-0.25, -0.2) is 4.18 Å². The van der Waals surface area contributed by atoms with E-state index in [-0.39, 0.29) is 19.6 Å². The Labute approximate surface area is 388 Å². The fraction of sp³-hybridized carbons (Fsp3) is 0.784. The summed E-state index contributed by atoms with van der Waals surface area (Å²) in [5.41, 5.74) is 0. The van der Waals surface area contributed by atoms with Crippen molar-refractivity contribution >= 4 is 16.4 Å². The number of hydrogen-bond donors (Lipinski definition) is 4. The zero-order valence-corrected chi connectivity index (χ0v) is 40.6. The third kappa shape index (κ3) is 35.1. The molecule has 12 nitrogen and oxygen atoms in total. The highest BCUT2D eigenvalue weighted by atomic mass is 32.3.